The summed E-state index contributed by atoms with van der Waals surface area (Å²) < 4.78 is 205. The monoisotopic (exact) mass is 1270 g/mol. The molecule has 0 amide bonds. The molecule has 29 heteroatoms. The zero-order valence-electron chi connectivity index (χ0n) is 48.1. The van der Waals surface area contributed by atoms with Gasteiger partial charge in [-0.25, -0.2) is 33.7 Å². The molecule has 6 rings (SSSR count). The van der Waals surface area contributed by atoms with Gasteiger partial charge in [-0.05, 0) is 104 Å². The van der Waals surface area contributed by atoms with Gasteiger partial charge in [0.15, 0.2) is 5.71 Å². The normalized spacial score (nSPS) is 16.9. The number of benzene rings is 4. The Hall–Kier alpha value is -4.90. The first kappa shape index (κ1) is 69.2. The van der Waals surface area contributed by atoms with E-state index in [1.165, 1.54) is 12.1 Å². The maximum absolute atomic E-state index is 13.2. The van der Waals surface area contributed by atoms with Crippen LogP contribution in [0.5, 0.6) is 0 Å². The second-order valence-corrected chi connectivity index (χ2v) is 26.0. The number of nitrogens with zero attached hydrogens (tertiary/aromatic N) is 2. The summed E-state index contributed by atoms with van der Waals surface area (Å²) in [5.41, 5.74) is -0.0557. The van der Waals surface area contributed by atoms with E-state index < -0.39 is 76.9 Å². The van der Waals surface area contributed by atoms with Gasteiger partial charge in [-0.3, -0.25) is 4.79 Å². The molecule has 4 aromatic rings. The van der Waals surface area contributed by atoms with Crippen LogP contribution in [0.4, 0.5) is 11.4 Å². The van der Waals surface area contributed by atoms with Gasteiger partial charge in [0.05, 0.1) is 124 Å². The summed E-state index contributed by atoms with van der Waals surface area (Å²) in [6, 6.07) is 8.81. The number of carboxylic acid groups (broad SMARTS) is 1. The van der Waals surface area contributed by atoms with Gasteiger partial charge in [0.25, 0.3) is 0 Å². The van der Waals surface area contributed by atoms with E-state index in [-0.39, 0.29) is 113 Å². The summed E-state index contributed by atoms with van der Waals surface area (Å²) in [7, 11) is -18.0. The van der Waals surface area contributed by atoms with E-state index in [0.29, 0.717) is 99.8 Å². The molecule has 0 radical (unpaired) electrons. The zero-order valence-corrected chi connectivity index (χ0v) is 51.3. The number of rotatable bonds is 39. The standard InChI is InChI=1S/C56H76N2O23S4/c1-55(2)50(57(18-8-6-7-12-52(59)60)46-16-15-43-44(53(46)55)37-41(83(64,65)66)38-48(43)84(67,68)69)10-9-11-51-56(3,17-20-75-26-28-79-32-30-77-24-22-73-4)54-45-36-40(82(61,62)63)13-14-42(45)49(85(70,71)72)39-47(54)58(51)19-21-76-27-29-80-34-35-81-33-31-78-25-23-74-5/h9-11,13-16,36-39H,6-8,12,17-35H2,1-5H3,(H4-,59,60,61,62,63,64,65,66,67,68,69,70,71,72)/p-3. The molecule has 1 unspecified atom stereocenters. The first-order valence-electron chi connectivity index (χ1n) is 27.3. The van der Waals surface area contributed by atoms with Crippen LogP contribution in [-0.2, 0) is 98.7 Å². The number of hydrogen-bond acceptors (Lipinski definition) is 23. The van der Waals surface area contributed by atoms with Crippen LogP contribution in [0.2, 0.25) is 0 Å². The fourth-order valence-electron chi connectivity index (χ4n) is 10.5. The fraction of sp³-hybridized carbons (Fsp3) is 0.536. The Bertz CT molecular complexity index is 3550. The molecule has 0 saturated carbocycles. The summed E-state index contributed by atoms with van der Waals surface area (Å²) >= 11 is 0. The number of unbranched alkanes of at least 4 members (excludes halogenated alkanes) is 2. The third-order valence-electron chi connectivity index (χ3n) is 14.5. The topological polar surface area (TPSA) is 355 Å². The van der Waals surface area contributed by atoms with Crippen LogP contribution in [0.25, 0.3) is 21.5 Å². The first-order chi connectivity index (χ1) is 40.2. The SMILES string of the molecule is COCCOCCOCCOCCOCCN1C(=CC=CC2=[N+](CCCCCC(=O)O)c3ccc4c(S(=O)(=O)[O-])cc(S(=O)(=O)[O-])cc4c3C2(C)C)C(C)(CCOCCOCCOCCOC)c2c1cc(S(=O)(=O)[O-])c1ccc(S(=O)(=O)[O-])cc21. The maximum atomic E-state index is 13.2. The van der Waals surface area contributed by atoms with Gasteiger partial charge in [-0.15, -0.1) is 0 Å². The quantitative estimate of drug-likeness (QED) is 0.0361. The minimum atomic E-state index is -5.35. The molecule has 2 heterocycles. The highest BCUT2D eigenvalue weighted by Gasteiger charge is 2.47. The number of carbonyl (C=O) groups is 1. The van der Waals surface area contributed by atoms with E-state index in [1.54, 1.807) is 57.3 Å². The van der Waals surface area contributed by atoms with Gasteiger partial charge < -0.3 is 70.8 Å². The first-order valence-corrected chi connectivity index (χ1v) is 32.9. The molecule has 472 valence electrons. The Morgan fingerprint density at radius 3 is 1.53 bits per heavy atom. The largest absolute Gasteiger partial charge is 0.744 e. The number of allylic oxidation sites excluding steroid dienone is 4. The van der Waals surface area contributed by atoms with Crippen molar-refractivity contribution in [2.75, 3.05) is 138 Å². The van der Waals surface area contributed by atoms with Gasteiger partial charge in [0.1, 0.15) is 47.0 Å². The molecule has 1 atom stereocenters. The van der Waals surface area contributed by atoms with Gasteiger partial charge in [0, 0.05) is 80.1 Å². The summed E-state index contributed by atoms with van der Waals surface area (Å²) in [4.78, 5) is 9.94. The maximum Gasteiger partial charge on any atom is 0.303 e. The van der Waals surface area contributed by atoms with Gasteiger partial charge in [-0.1, -0.05) is 12.1 Å². The zero-order chi connectivity index (χ0) is 62.2. The van der Waals surface area contributed by atoms with Crippen LogP contribution in [0.3, 0.4) is 0 Å². The lowest BCUT2D eigenvalue weighted by Crippen LogP contribution is -2.32. The Labute approximate surface area is 496 Å². The predicted octanol–water partition coefficient (Wildman–Crippen LogP) is 4.65. The number of methoxy groups -OCH3 is 2. The van der Waals surface area contributed by atoms with E-state index in [1.807, 2.05) is 11.5 Å². The van der Waals surface area contributed by atoms with Crippen molar-refractivity contribution >= 4 is 85.1 Å². The summed E-state index contributed by atoms with van der Waals surface area (Å²) in [5, 5.41) is 9.08. The molecule has 85 heavy (non-hydrogen) atoms. The smallest absolute Gasteiger partial charge is 0.303 e. The molecule has 0 saturated heterocycles. The predicted molar refractivity (Wildman–Crippen MR) is 305 cm³/mol. The fourth-order valence-corrected chi connectivity index (χ4v) is 13.1. The molecule has 25 nitrogen and oxygen atoms in total. The molecule has 2 aliphatic heterocycles. The minimum Gasteiger partial charge on any atom is -0.744 e. The lowest BCUT2D eigenvalue weighted by molar-refractivity contribution is -0.438. The van der Waals surface area contributed by atoms with Crippen molar-refractivity contribution < 1.29 is 109 Å². The lowest BCUT2D eigenvalue weighted by atomic mass is 9.76. The Balaban J connectivity index is 1.46. The Morgan fingerprint density at radius 1 is 0.553 bits per heavy atom. The average Bonchev–Trinajstić information content (AvgIpc) is 1.65. The molecule has 0 aromatic heterocycles. The summed E-state index contributed by atoms with van der Waals surface area (Å²) in [6.45, 7) is 9.75. The van der Waals surface area contributed by atoms with E-state index >= 15 is 0 Å². The van der Waals surface area contributed by atoms with Crippen LogP contribution in [0, 0.1) is 0 Å². The van der Waals surface area contributed by atoms with E-state index in [4.69, 9.17) is 42.6 Å². The second kappa shape index (κ2) is 30.8. The molecule has 1 N–H and O–H groups in total. The molecular formula is C56H73N2O23S4-3. The summed E-state index contributed by atoms with van der Waals surface area (Å²) in [6.07, 6.45) is 6.42. The Morgan fingerprint density at radius 2 is 1.02 bits per heavy atom. The van der Waals surface area contributed by atoms with Gasteiger partial charge in [-0.2, -0.15) is 4.58 Å². The number of carboxylic acids is 1. The molecule has 0 spiro atoms. The van der Waals surface area contributed by atoms with Crippen molar-refractivity contribution in [2.24, 2.45) is 0 Å². The molecule has 4 aromatic carbocycles. The number of ether oxygens (including phenoxy) is 9. The lowest BCUT2D eigenvalue weighted by Gasteiger charge is -2.31. The number of hydrogen-bond donors (Lipinski definition) is 1. The highest BCUT2D eigenvalue weighted by molar-refractivity contribution is 7.87. The van der Waals surface area contributed by atoms with Crippen LogP contribution in [0.15, 0.2) is 92.0 Å². The van der Waals surface area contributed by atoms with Gasteiger partial charge >= 0.3 is 5.97 Å². The average molecular weight is 1270 g/mol. The number of anilines is 1. The highest BCUT2D eigenvalue weighted by atomic mass is 32.2. The minimum absolute atomic E-state index is 0.00311. The van der Waals surface area contributed by atoms with Crippen molar-refractivity contribution in [3.8, 4) is 0 Å². The van der Waals surface area contributed by atoms with E-state index in [0.717, 1.165) is 24.3 Å². The molecule has 0 fully saturated rings. The highest BCUT2D eigenvalue weighted by Crippen LogP contribution is 2.54. The van der Waals surface area contributed by atoms with Crippen molar-refractivity contribution in [2.45, 2.75) is 83.3 Å². The molecule has 2 aliphatic rings. The third-order valence-corrected chi connectivity index (χ3v) is 17.9. The van der Waals surface area contributed by atoms with Crippen molar-refractivity contribution in [1.82, 2.24) is 0 Å². The van der Waals surface area contributed by atoms with Crippen molar-refractivity contribution in [3.05, 3.63) is 83.6 Å². The van der Waals surface area contributed by atoms with Crippen LogP contribution >= 0.6 is 0 Å². The second-order valence-electron chi connectivity index (χ2n) is 20.6. The van der Waals surface area contributed by atoms with Crippen LogP contribution < -0.4 is 4.90 Å². The molecule has 0 aliphatic carbocycles. The van der Waals surface area contributed by atoms with Crippen LogP contribution in [0.1, 0.15) is 64.0 Å². The number of fused-ring (bicyclic) bond motifs is 6. The molecular weight excluding hydrogens is 1200 g/mol. The van der Waals surface area contributed by atoms with Crippen LogP contribution in [-0.4, -0.2) is 206 Å². The van der Waals surface area contributed by atoms with E-state index in [9.17, 15) is 61.8 Å². The molecule has 0 bridgehead atoms. The Kier molecular flexibility index (Phi) is 25.1. The van der Waals surface area contributed by atoms with Crippen molar-refractivity contribution in [1.29, 1.82) is 0 Å². The van der Waals surface area contributed by atoms with E-state index in [2.05, 4.69) is 0 Å². The van der Waals surface area contributed by atoms with Crippen molar-refractivity contribution in [3.63, 3.8) is 0 Å². The number of aliphatic carboxylic acids is 1. The third kappa shape index (κ3) is 18.1. The van der Waals surface area contributed by atoms with Gasteiger partial charge in [0.2, 0.25) is 5.69 Å². The summed E-state index contributed by atoms with van der Waals surface area (Å²) in [5.74, 6) is -0.981.